The second-order valence-corrected chi connectivity index (χ2v) is 21.2. The van der Waals surface area contributed by atoms with E-state index in [4.69, 9.17) is 9.47 Å². The van der Waals surface area contributed by atoms with Gasteiger partial charge in [-0.3, -0.25) is 63.2 Å². The van der Waals surface area contributed by atoms with Crippen molar-refractivity contribution < 1.29 is 59.6 Å². The lowest BCUT2D eigenvalue weighted by Gasteiger charge is -2.46. The minimum atomic E-state index is -3.72. The normalized spacial score (nSPS) is 17.8. The molecule has 5 N–H and O–H groups in total. The molecule has 4 aliphatic rings. The maximum atomic E-state index is 13.2. The minimum absolute atomic E-state index is 0.0884. The lowest BCUT2D eigenvalue weighted by atomic mass is 9.84. The zero-order valence-electron chi connectivity index (χ0n) is 41.7. The molecule has 0 atom stereocenters. The van der Waals surface area contributed by atoms with Crippen LogP contribution in [-0.4, -0.2) is 138 Å². The monoisotopic (exact) mass is 1210 g/mol. The molecule has 4 heterocycles. The molecule has 19 nitrogen and oxygen atoms in total. The SMILES string of the molecule is Cc1ccc(S(=O)(=O)OCCC[18F])cc1.O=C1NC(=O)C(c2ccc(Oc3ccc(Br)cc3)cc2)(N2CCN(CCC[18F])CC2)C(=O)N1.O=C1NC(=O)C(c2ccc(Oc3ccc(Br)cc3)cc2)(N2CCNCC2)C(=O)N1. The molecule has 0 spiro atoms. The van der Waals surface area contributed by atoms with Crippen LogP contribution in [0.15, 0.2) is 135 Å². The first-order chi connectivity index (χ1) is 37.0. The average molecular weight is 1210 g/mol. The zero-order chi connectivity index (χ0) is 55.2. The third kappa shape index (κ3) is 14.2. The van der Waals surface area contributed by atoms with Crippen molar-refractivity contribution in [3.63, 3.8) is 0 Å². The zero-order valence-corrected chi connectivity index (χ0v) is 45.7. The minimum Gasteiger partial charge on any atom is -0.457 e. The number of piperazine rings is 2. The highest BCUT2D eigenvalue weighted by Crippen LogP contribution is 2.36. The van der Waals surface area contributed by atoms with Gasteiger partial charge in [0.2, 0.25) is 11.1 Å². The summed E-state index contributed by atoms with van der Waals surface area (Å²) in [5, 5.41) is 12.2. The molecule has 5 aromatic rings. The highest BCUT2D eigenvalue weighted by atomic mass is 79.9. The Bertz CT molecular complexity index is 2950. The first-order valence-electron chi connectivity index (χ1n) is 24.4. The molecule has 8 amide bonds. The van der Waals surface area contributed by atoms with E-state index in [1.807, 2.05) is 55.5 Å². The van der Waals surface area contributed by atoms with Gasteiger partial charge in [-0.2, -0.15) is 8.42 Å². The molecule has 0 aromatic heterocycles. The van der Waals surface area contributed by atoms with Crippen LogP contribution in [0.5, 0.6) is 23.0 Å². The van der Waals surface area contributed by atoms with Crippen molar-refractivity contribution in [3.8, 4) is 23.0 Å². The van der Waals surface area contributed by atoms with Gasteiger partial charge in [-0.25, -0.2) is 9.59 Å². The van der Waals surface area contributed by atoms with Crippen LogP contribution in [0.3, 0.4) is 0 Å². The highest BCUT2D eigenvalue weighted by molar-refractivity contribution is 9.10. The van der Waals surface area contributed by atoms with Crippen molar-refractivity contribution in [1.29, 1.82) is 0 Å². The van der Waals surface area contributed by atoms with Gasteiger partial charge in [0.25, 0.3) is 33.7 Å². The number of urea groups is 2. The third-order valence-corrected chi connectivity index (χ3v) is 15.1. The Hall–Kier alpha value is -6.51. The van der Waals surface area contributed by atoms with Crippen LogP contribution >= 0.6 is 31.9 Å². The molecule has 408 valence electrons. The fourth-order valence-electron chi connectivity index (χ4n) is 8.90. The number of alkyl halides is 2. The molecule has 0 aliphatic carbocycles. The summed E-state index contributed by atoms with van der Waals surface area (Å²) in [4.78, 5) is 81.5. The summed E-state index contributed by atoms with van der Waals surface area (Å²) in [6.07, 6.45) is 0.533. The Balaban J connectivity index is 0.000000179. The van der Waals surface area contributed by atoms with Gasteiger partial charge in [0, 0.05) is 74.3 Å². The first kappa shape index (κ1) is 58.2. The van der Waals surface area contributed by atoms with E-state index >= 15 is 0 Å². The number of hydrogen-bond donors (Lipinski definition) is 5. The van der Waals surface area contributed by atoms with Gasteiger partial charge in [-0.1, -0.05) is 73.8 Å². The Labute approximate surface area is 460 Å². The number of carbonyl (C=O) groups excluding carboxylic acids is 6. The van der Waals surface area contributed by atoms with Gasteiger partial charge in [0.05, 0.1) is 24.9 Å². The van der Waals surface area contributed by atoms with Crippen LogP contribution in [-0.2, 0) is 44.6 Å². The van der Waals surface area contributed by atoms with Crippen LogP contribution < -0.4 is 36.1 Å². The second kappa shape index (κ2) is 26.7. The van der Waals surface area contributed by atoms with Gasteiger partial charge in [0.15, 0.2) is 0 Å². The van der Waals surface area contributed by atoms with E-state index in [0.717, 1.165) is 14.5 Å². The molecular weight excluding hydrogens is 1150 g/mol. The lowest BCUT2D eigenvalue weighted by Crippen LogP contribution is -2.72. The number of carbonyl (C=O) groups is 6. The third-order valence-electron chi connectivity index (χ3n) is 12.7. The number of halogens is 4. The van der Waals surface area contributed by atoms with Crippen LogP contribution in [0.4, 0.5) is 18.4 Å². The Morgan fingerprint density at radius 3 is 1.29 bits per heavy atom. The fourth-order valence-corrected chi connectivity index (χ4v) is 10.4. The number of rotatable bonds is 16. The van der Waals surface area contributed by atoms with Crippen molar-refractivity contribution in [2.75, 3.05) is 78.9 Å². The van der Waals surface area contributed by atoms with Crippen LogP contribution in [0.2, 0.25) is 0 Å². The van der Waals surface area contributed by atoms with Crippen molar-refractivity contribution in [3.05, 3.63) is 147 Å². The number of amides is 8. The summed E-state index contributed by atoms with van der Waals surface area (Å²) in [5.74, 6) is -0.242. The van der Waals surface area contributed by atoms with E-state index in [2.05, 4.69) is 67.5 Å². The second-order valence-electron chi connectivity index (χ2n) is 17.8. The molecule has 9 rings (SSSR count). The Kier molecular flexibility index (Phi) is 20.2. The van der Waals surface area contributed by atoms with Gasteiger partial charge in [0.1, 0.15) is 23.0 Å². The molecule has 77 heavy (non-hydrogen) atoms. The number of nitrogens with zero attached hydrogens (tertiary/aromatic N) is 3. The number of nitrogens with one attached hydrogen (secondary N) is 5. The van der Waals surface area contributed by atoms with Gasteiger partial charge < -0.3 is 19.7 Å². The number of benzene rings is 5. The van der Waals surface area contributed by atoms with Crippen LogP contribution in [0, 0.1) is 6.92 Å². The molecule has 4 aliphatic heterocycles. The van der Waals surface area contributed by atoms with Crippen LogP contribution in [0.25, 0.3) is 0 Å². The lowest BCUT2D eigenvalue weighted by molar-refractivity contribution is -0.151. The van der Waals surface area contributed by atoms with Gasteiger partial charge >= 0.3 is 12.1 Å². The fraction of sp³-hybridized carbons (Fsp3) is 0.321. The predicted octanol–water partition coefficient (Wildman–Crippen LogP) is 6.55. The van der Waals surface area contributed by atoms with E-state index in [1.165, 1.54) is 12.1 Å². The largest absolute Gasteiger partial charge is 0.457 e. The molecule has 0 unspecified atom stereocenters. The quantitative estimate of drug-likeness (QED) is 0.0401. The smallest absolute Gasteiger partial charge is 0.328 e. The Morgan fingerprint density at radius 2 is 0.896 bits per heavy atom. The van der Waals surface area contributed by atoms with Gasteiger partial charge in [-0.15, -0.1) is 0 Å². The summed E-state index contributed by atoms with van der Waals surface area (Å²) in [6.45, 7) is 5.66. The molecule has 0 radical (unpaired) electrons. The summed E-state index contributed by atoms with van der Waals surface area (Å²) < 4.78 is 65.4. The van der Waals surface area contributed by atoms with Crippen molar-refractivity contribution >= 4 is 77.7 Å². The van der Waals surface area contributed by atoms with Crippen molar-refractivity contribution in [2.24, 2.45) is 0 Å². The number of aryl methyl sites for hydroxylation is 1. The topological polar surface area (TPSA) is 234 Å². The number of ether oxygens (including phenoxy) is 2. The van der Waals surface area contributed by atoms with Gasteiger partial charge in [-0.05, 0) is 109 Å². The van der Waals surface area contributed by atoms with E-state index in [-0.39, 0.29) is 24.6 Å². The molecule has 24 heteroatoms. The highest BCUT2D eigenvalue weighted by Gasteiger charge is 2.57. The van der Waals surface area contributed by atoms with Crippen molar-refractivity contribution in [1.82, 2.24) is 41.3 Å². The Morgan fingerprint density at radius 1 is 0.519 bits per heavy atom. The maximum absolute atomic E-state index is 13.2. The number of hydrogen-bond acceptors (Lipinski definition) is 15. The van der Waals surface area contributed by atoms with E-state index in [1.54, 1.807) is 70.5 Å². The molecule has 4 saturated heterocycles. The van der Waals surface area contributed by atoms with E-state index < -0.39 is 63.6 Å². The number of imide groups is 4. The standard InChI is InChI=1S/C23H24BrFN4O4.C20H19BrN4O4.C10H13FO3S/c24-17-4-8-19(9-5-17)33-18-6-2-16(3-7-18)23(20(30)26-22(32)27-21(23)31)29-14-12-28(13-15-29)11-1-10-25;21-14-3-7-16(8-4-14)29-15-5-1-13(2-6-15)20(25-11-9-22-10-12-25)17(26)23-19(28)24-18(20)27;1-9-3-5-10(6-4-9)15(12,13)14-8-2-7-11/h2-9H,1,10-15H2,(H2,26,27,30,31,32);1-8,22H,9-12H2,(H2,23,24,26,27,28);3-6H,2,7-8H2,1H3/i25-1;;11-1. The summed E-state index contributed by atoms with van der Waals surface area (Å²) >= 11 is 6.76. The van der Waals surface area contributed by atoms with E-state index in [0.29, 0.717) is 99.4 Å². The van der Waals surface area contributed by atoms with Crippen LogP contribution in [0.1, 0.15) is 29.5 Å². The number of barbiturate groups is 2. The van der Waals surface area contributed by atoms with E-state index in [9.17, 15) is 46.0 Å². The summed E-state index contributed by atoms with van der Waals surface area (Å²) in [5.41, 5.74) is -1.41. The predicted molar refractivity (Wildman–Crippen MR) is 286 cm³/mol. The summed E-state index contributed by atoms with van der Waals surface area (Å²) in [7, 11) is -3.72. The van der Waals surface area contributed by atoms with Crippen molar-refractivity contribution in [2.45, 2.75) is 35.7 Å². The molecule has 5 aromatic carbocycles. The molecular formula is C53H56Br2F2N8O11S. The summed E-state index contributed by atoms with van der Waals surface area (Å²) in [6, 6.07) is 32.9. The first-order valence-corrected chi connectivity index (χ1v) is 27.4. The maximum Gasteiger partial charge on any atom is 0.328 e. The average Bonchev–Trinajstić information content (AvgIpc) is 3.43. The molecule has 0 bridgehead atoms. The molecule has 0 saturated carbocycles. The molecule has 4 fully saturated rings.